The van der Waals surface area contributed by atoms with Gasteiger partial charge in [-0.15, -0.1) is 0 Å². The van der Waals surface area contributed by atoms with Gasteiger partial charge < -0.3 is 14.8 Å². The second kappa shape index (κ2) is 7.50. The van der Waals surface area contributed by atoms with E-state index in [4.69, 9.17) is 9.47 Å². The number of carbonyl (C=O) groups excluding carboxylic acids is 1. The molecule has 4 heteroatoms. The number of ketones is 1. The zero-order valence-corrected chi connectivity index (χ0v) is 13.1. The van der Waals surface area contributed by atoms with E-state index in [1.54, 1.807) is 21.1 Å². The highest BCUT2D eigenvalue weighted by Crippen LogP contribution is 2.30. The van der Waals surface area contributed by atoms with Crippen LogP contribution in [0, 0.1) is 0 Å². The molecular formula is C18H21NO3. The van der Waals surface area contributed by atoms with Gasteiger partial charge in [0, 0.05) is 17.7 Å². The molecule has 0 aliphatic heterocycles. The lowest BCUT2D eigenvalue weighted by Crippen LogP contribution is -2.15. The number of hydrogen-bond acceptors (Lipinski definition) is 4. The summed E-state index contributed by atoms with van der Waals surface area (Å²) < 4.78 is 10.6. The summed E-state index contributed by atoms with van der Waals surface area (Å²) in [5, 5.41) is 3.40. The van der Waals surface area contributed by atoms with Gasteiger partial charge in [0.2, 0.25) is 0 Å². The van der Waals surface area contributed by atoms with Gasteiger partial charge in [0.1, 0.15) is 17.3 Å². The van der Waals surface area contributed by atoms with E-state index in [2.05, 4.69) is 5.32 Å². The largest absolute Gasteiger partial charge is 0.497 e. The molecule has 0 saturated heterocycles. The van der Waals surface area contributed by atoms with Gasteiger partial charge in [0.15, 0.2) is 0 Å². The minimum atomic E-state index is -0.137. The van der Waals surface area contributed by atoms with E-state index in [1.165, 1.54) is 0 Å². The fourth-order valence-corrected chi connectivity index (χ4v) is 2.37. The summed E-state index contributed by atoms with van der Waals surface area (Å²) in [7, 11) is 3.27. The Hall–Kier alpha value is -2.49. The standard InChI is InChI=1S/C18H21NO3/c1-13(20)12-17(16-6-4-5-7-18(16)22-3)19-14-8-10-15(21-2)11-9-14/h4-11,17,19H,12H2,1-3H3/t17-/m0/s1. The number of Topliss-reactive ketones (excluding diaryl/α,β-unsaturated/α-hetero) is 1. The molecule has 22 heavy (non-hydrogen) atoms. The average Bonchev–Trinajstić information content (AvgIpc) is 2.54. The molecule has 0 radical (unpaired) electrons. The summed E-state index contributed by atoms with van der Waals surface area (Å²) in [6.45, 7) is 1.60. The van der Waals surface area contributed by atoms with E-state index >= 15 is 0 Å². The number of benzene rings is 2. The SMILES string of the molecule is COc1ccc(N[C@@H](CC(C)=O)c2ccccc2OC)cc1. The highest BCUT2D eigenvalue weighted by Gasteiger charge is 2.17. The number of anilines is 1. The Morgan fingerprint density at radius 1 is 1.05 bits per heavy atom. The van der Waals surface area contributed by atoms with Crippen molar-refractivity contribution in [2.45, 2.75) is 19.4 Å². The molecular weight excluding hydrogens is 278 g/mol. The lowest BCUT2D eigenvalue weighted by atomic mass is 10.00. The van der Waals surface area contributed by atoms with E-state index in [0.717, 1.165) is 22.7 Å². The zero-order valence-electron chi connectivity index (χ0n) is 13.1. The molecule has 0 spiro atoms. The Labute approximate surface area is 131 Å². The number of para-hydroxylation sites is 1. The van der Waals surface area contributed by atoms with Gasteiger partial charge in [0.25, 0.3) is 0 Å². The molecule has 0 bridgehead atoms. The predicted octanol–water partition coefficient (Wildman–Crippen LogP) is 3.84. The second-order valence-corrected chi connectivity index (χ2v) is 5.07. The maximum absolute atomic E-state index is 11.6. The van der Waals surface area contributed by atoms with E-state index in [-0.39, 0.29) is 11.8 Å². The maximum atomic E-state index is 11.6. The van der Waals surface area contributed by atoms with E-state index in [9.17, 15) is 4.79 Å². The van der Waals surface area contributed by atoms with Gasteiger partial charge in [-0.2, -0.15) is 0 Å². The smallest absolute Gasteiger partial charge is 0.132 e. The van der Waals surface area contributed by atoms with Crippen molar-refractivity contribution in [3.8, 4) is 11.5 Å². The van der Waals surface area contributed by atoms with E-state index < -0.39 is 0 Å². The van der Waals surface area contributed by atoms with Crippen LogP contribution in [0.15, 0.2) is 48.5 Å². The van der Waals surface area contributed by atoms with Crippen LogP contribution >= 0.6 is 0 Å². The van der Waals surface area contributed by atoms with Gasteiger partial charge in [-0.1, -0.05) is 18.2 Å². The van der Waals surface area contributed by atoms with Gasteiger partial charge in [0.05, 0.1) is 20.3 Å². The summed E-state index contributed by atoms with van der Waals surface area (Å²) in [4.78, 5) is 11.6. The third-order valence-electron chi connectivity index (χ3n) is 3.44. The summed E-state index contributed by atoms with van der Waals surface area (Å²) in [5.41, 5.74) is 1.90. The summed E-state index contributed by atoms with van der Waals surface area (Å²) >= 11 is 0. The van der Waals surface area contributed by atoms with Crippen LogP contribution in [0.5, 0.6) is 11.5 Å². The molecule has 2 aromatic rings. The first kappa shape index (κ1) is 15.9. The quantitative estimate of drug-likeness (QED) is 0.844. The molecule has 1 atom stereocenters. The van der Waals surface area contributed by atoms with Crippen molar-refractivity contribution in [2.24, 2.45) is 0 Å². The molecule has 0 aliphatic carbocycles. The molecule has 0 unspecified atom stereocenters. The van der Waals surface area contributed by atoms with Crippen molar-refractivity contribution >= 4 is 11.5 Å². The van der Waals surface area contributed by atoms with E-state index in [1.807, 2.05) is 48.5 Å². The van der Waals surface area contributed by atoms with Crippen molar-refractivity contribution in [3.63, 3.8) is 0 Å². The van der Waals surface area contributed by atoms with Crippen LogP contribution in [0.3, 0.4) is 0 Å². The molecule has 1 N–H and O–H groups in total. The number of rotatable bonds is 7. The number of ether oxygens (including phenoxy) is 2. The molecule has 0 saturated carbocycles. The molecule has 0 amide bonds. The highest BCUT2D eigenvalue weighted by molar-refractivity contribution is 5.77. The lowest BCUT2D eigenvalue weighted by Gasteiger charge is -2.21. The molecule has 2 aromatic carbocycles. The molecule has 0 aliphatic rings. The third-order valence-corrected chi connectivity index (χ3v) is 3.44. The van der Waals surface area contributed by atoms with Crippen LogP contribution in [-0.2, 0) is 4.79 Å². The Kier molecular flexibility index (Phi) is 5.42. The van der Waals surface area contributed by atoms with Crippen molar-refractivity contribution in [1.29, 1.82) is 0 Å². The topological polar surface area (TPSA) is 47.6 Å². The van der Waals surface area contributed by atoms with E-state index in [0.29, 0.717) is 6.42 Å². The molecule has 0 fully saturated rings. The highest BCUT2D eigenvalue weighted by atomic mass is 16.5. The van der Waals surface area contributed by atoms with Gasteiger partial charge >= 0.3 is 0 Å². The van der Waals surface area contributed by atoms with Crippen molar-refractivity contribution in [2.75, 3.05) is 19.5 Å². The van der Waals surface area contributed by atoms with Crippen LogP contribution in [0.1, 0.15) is 24.9 Å². The van der Waals surface area contributed by atoms with Crippen LogP contribution in [-0.4, -0.2) is 20.0 Å². The van der Waals surface area contributed by atoms with Crippen molar-refractivity contribution in [1.82, 2.24) is 0 Å². The third kappa shape index (κ3) is 4.01. The van der Waals surface area contributed by atoms with Gasteiger partial charge in [-0.05, 0) is 37.3 Å². The normalized spacial score (nSPS) is 11.6. The Morgan fingerprint density at radius 2 is 1.73 bits per heavy atom. The minimum absolute atomic E-state index is 0.122. The lowest BCUT2D eigenvalue weighted by molar-refractivity contribution is -0.117. The monoisotopic (exact) mass is 299 g/mol. The van der Waals surface area contributed by atoms with Crippen LogP contribution < -0.4 is 14.8 Å². The van der Waals surface area contributed by atoms with Crippen LogP contribution in [0.25, 0.3) is 0 Å². The van der Waals surface area contributed by atoms with Gasteiger partial charge in [-0.25, -0.2) is 0 Å². The van der Waals surface area contributed by atoms with Crippen LogP contribution in [0.2, 0.25) is 0 Å². The molecule has 4 nitrogen and oxygen atoms in total. The number of carbonyl (C=O) groups is 1. The van der Waals surface area contributed by atoms with Crippen LogP contribution in [0.4, 0.5) is 5.69 Å². The first-order valence-electron chi connectivity index (χ1n) is 7.17. The molecule has 2 rings (SSSR count). The number of hydrogen-bond donors (Lipinski definition) is 1. The zero-order chi connectivity index (χ0) is 15.9. The molecule has 116 valence electrons. The second-order valence-electron chi connectivity index (χ2n) is 5.07. The molecule has 0 aromatic heterocycles. The fourth-order valence-electron chi connectivity index (χ4n) is 2.37. The summed E-state index contributed by atoms with van der Waals surface area (Å²) in [5.74, 6) is 1.69. The Morgan fingerprint density at radius 3 is 2.32 bits per heavy atom. The van der Waals surface area contributed by atoms with Crippen molar-refractivity contribution < 1.29 is 14.3 Å². The average molecular weight is 299 g/mol. The van der Waals surface area contributed by atoms with Crippen molar-refractivity contribution in [3.05, 3.63) is 54.1 Å². The fraction of sp³-hybridized carbons (Fsp3) is 0.278. The number of nitrogens with one attached hydrogen (secondary N) is 1. The first-order valence-corrected chi connectivity index (χ1v) is 7.17. The van der Waals surface area contributed by atoms with Gasteiger partial charge in [-0.3, -0.25) is 4.79 Å². The number of methoxy groups -OCH3 is 2. The summed E-state index contributed by atoms with van der Waals surface area (Å²) in [6, 6.07) is 15.2. The maximum Gasteiger partial charge on any atom is 0.132 e. The minimum Gasteiger partial charge on any atom is -0.497 e. The first-order chi connectivity index (χ1) is 10.6. The summed E-state index contributed by atoms with van der Waals surface area (Å²) in [6.07, 6.45) is 0.395. The molecule has 0 heterocycles. The Bertz CT molecular complexity index is 622. The predicted molar refractivity (Wildman–Crippen MR) is 87.6 cm³/mol. The Balaban J connectivity index is 2.27.